The minimum absolute atomic E-state index is 0.167. The van der Waals surface area contributed by atoms with Crippen molar-refractivity contribution in [2.45, 2.75) is 26.3 Å². The number of carbonyl (C=O) groups is 2. The molecule has 1 amide bonds. The molecule has 0 unspecified atom stereocenters. The second kappa shape index (κ2) is 6.89. The minimum atomic E-state index is -1.00. The monoisotopic (exact) mass is 338 g/mol. The molecular weight excluding hydrogens is 324 g/mol. The van der Waals surface area contributed by atoms with Crippen LogP contribution in [0.5, 0.6) is 0 Å². The van der Waals surface area contributed by atoms with E-state index in [2.05, 4.69) is 10.3 Å². The van der Waals surface area contributed by atoms with E-state index in [4.69, 9.17) is 16.7 Å². The van der Waals surface area contributed by atoms with Crippen LogP contribution >= 0.6 is 22.9 Å². The number of amides is 1. The van der Waals surface area contributed by atoms with Crippen molar-refractivity contribution in [3.05, 3.63) is 50.4 Å². The summed E-state index contributed by atoms with van der Waals surface area (Å²) < 4.78 is 0. The highest BCUT2D eigenvalue weighted by Gasteiger charge is 2.19. The van der Waals surface area contributed by atoms with Crippen LogP contribution < -0.4 is 5.32 Å². The van der Waals surface area contributed by atoms with Crippen molar-refractivity contribution >= 4 is 34.8 Å². The van der Waals surface area contributed by atoms with Crippen molar-refractivity contribution in [3.8, 4) is 0 Å². The number of thiazole rings is 1. The van der Waals surface area contributed by atoms with Gasteiger partial charge in [-0.05, 0) is 31.5 Å². The number of hydrogen-bond donors (Lipinski definition) is 2. The Labute approximate surface area is 137 Å². The van der Waals surface area contributed by atoms with Crippen molar-refractivity contribution in [1.82, 2.24) is 10.3 Å². The molecule has 1 atom stereocenters. The molecule has 0 aliphatic heterocycles. The number of nitrogens with one attached hydrogen (secondary N) is 1. The van der Waals surface area contributed by atoms with E-state index < -0.39 is 5.97 Å². The van der Waals surface area contributed by atoms with Gasteiger partial charge in [0.25, 0.3) is 0 Å². The zero-order valence-corrected chi connectivity index (χ0v) is 13.7. The highest BCUT2D eigenvalue weighted by molar-refractivity contribution is 7.13. The van der Waals surface area contributed by atoms with Gasteiger partial charge in [-0.2, -0.15) is 0 Å². The van der Waals surface area contributed by atoms with Crippen molar-refractivity contribution in [2.24, 2.45) is 0 Å². The number of carboxylic acid groups (broad SMARTS) is 1. The number of aryl methyl sites for hydroxylation is 1. The van der Waals surface area contributed by atoms with Gasteiger partial charge in [0.05, 0.1) is 18.2 Å². The summed E-state index contributed by atoms with van der Waals surface area (Å²) in [5.41, 5.74) is 1.28. The number of halogens is 1. The molecule has 0 saturated carbocycles. The molecule has 2 N–H and O–H groups in total. The fourth-order valence-electron chi connectivity index (χ4n) is 1.99. The number of aromatic nitrogens is 1. The van der Waals surface area contributed by atoms with Crippen LogP contribution in [0.15, 0.2) is 24.3 Å². The molecule has 7 heteroatoms. The Balaban J connectivity index is 2.02. The zero-order chi connectivity index (χ0) is 16.3. The highest BCUT2D eigenvalue weighted by atomic mass is 35.5. The molecule has 1 aromatic carbocycles. The Hall–Kier alpha value is -1.92. The third-order valence-corrected chi connectivity index (χ3v) is 4.57. The lowest BCUT2D eigenvalue weighted by atomic mass is 10.1. The molecule has 0 aliphatic carbocycles. The summed E-state index contributed by atoms with van der Waals surface area (Å²) in [6.45, 7) is 3.42. The van der Waals surface area contributed by atoms with Gasteiger partial charge in [-0.3, -0.25) is 4.79 Å². The summed E-state index contributed by atoms with van der Waals surface area (Å²) in [5, 5.41) is 13.0. The molecule has 5 nitrogen and oxygen atoms in total. The van der Waals surface area contributed by atoms with E-state index in [0.29, 0.717) is 15.7 Å². The highest BCUT2D eigenvalue weighted by Crippen LogP contribution is 2.23. The maximum Gasteiger partial charge on any atom is 0.347 e. The van der Waals surface area contributed by atoms with Crippen molar-refractivity contribution in [3.63, 3.8) is 0 Å². The molecular formula is C15H15ClN2O3S. The molecule has 1 heterocycles. The predicted molar refractivity (Wildman–Crippen MR) is 85.5 cm³/mol. The van der Waals surface area contributed by atoms with Crippen molar-refractivity contribution < 1.29 is 14.7 Å². The van der Waals surface area contributed by atoms with Gasteiger partial charge in [0.1, 0.15) is 9.88 Å². The van der Waals surface area contributed by atoms with Crippen LogP contribution in [0.2, 0.25) is 5.02 Å². The van der Waals surface area contributed by atoms with Gasteiger partial charge in [-0.15, -0.1) is 11.3 Å². The number of rotatable bonds is 5. The summed E-state index contributed by atoms with van der Waals surface area (Å²) in [6.07, 6.45) is 0.209. The summed E-state index contributed by atoms with van der Waals surface area (Å²) in [7, 11) is 0. The zero-order valence-electron chi connectivity index (χ0n) is 12.1. The molecule has 0 saturated heterocycles. The first-order valence-corrected chi connectivity index (χ1v) is 7.80. The van der Waals surface area contributed by atoms with Gasteiger partial charge in [0, 0.05) is 5.02 Å². The fraction of sp³-hybridized carbons (Fsp3) is 0.267. The van der Waals surface area contributed by atoms with Crippen LogP contribution in [0, 0.1) is 6.92 Å². The molecule has 0 spiro atoms. The summed E-state index contributed by atoms with van der Waals surface area (Å²) in [6, 6.07) is 6.76. The average Bonchev–Trinajstić information content (AvgIpc) is 2.81. The number of hydrogen-bond acceptors (Lipinski definition) is 4. The van der Waals surface area contributed by atoms with Crippen LogP contribution in [-0.2, 0) is 11.2 Å². The molecule has 0 bridgehead atoms. The first-order chi connectivity index (χ1) is 10.4. The van der Waals surface area contributed by atoms with Crippen molar-refractivity contribution in [1.29, 1.82) is 0 Å². The molecule has 2 aromatic rings. The average molecular weight is 339 g/mol. The van der Waals surface area contributed by atoms with Crippen LogP contribution in [0.1, 0.15) is 38.9 Å². The number of benzene rings is 1. The number of carboxylic acids is 1. The third kappa shape index (κ3) is 4.05. The Morgan fingerprint density at radius 1 is 1.45 bits per heavy atom. The van der Waals surface area contributed by atoms with Crippen LogP contribution in [0.4, 0.5) is 0 Å². The van der Waals surface area contributed by atoms with Crippen LogP contribution in [-0.4, -0.2) is 22.0 Å². The lowest BCUT2D eigenvalue weighted by Crippen LogP contribution is -2.28. The van der Waals surface area contributed by atoms with Gasteiger partial charge in [-0.25, -0.2) is 9.78 Å². The number of nitrogens with zero attached hydrogens (tertiary/aromatic N) is 1. The lowest BCUT2D eigenvalue weighted by molar-refractivity contribution is -0.121. The van der Waals surface area contributed by atoms with E-state index >= 15 is 0 Å². The normalized spacial score (nSPS) is 12.0. The Kier molecular flexibility index (Phi) is 5.15. The first kappa shape index (κ1) is 16.5. The van der Waals surface area contributed by atoms with E-state index in [1.807, 2.05) is 6.07 Å². The van der Waals surface area contributed by atoms with Crippen LogP contribution in [0.3, 0.4) is 0 Å². The summed E-state index contributed by atoms with van der Waals surface area (Å²) in [4.78, 5) is 27.5. The van der Waals surface area contributed by atoms with Gasteiger partial charge in [0.2, 0.25) is 5.91 Å². The summed E-state index contributed by atoms with van der Waals surface area (Å²) >= 11 is 6.96. The fourth-order valence-corrected chi connectivity index (χ4v) is 3.11. The lowest BCUT2D eigenvalue weighted by Gasteiger charge is -2.11. The smallest absolute Gasteiger partial charge is 0.347 e. The molecule has 1 aromatic heterocycles. The van der Waals surface area contributed by atoms with E-state index in [1.54, 1.807) is 32.0 Å². The largest absolute Gasteiger partial charge is 0.477 e. The molecule has 0 fully saturated rings. The quantitative estimate of drug-likeness (QED) is 0.877. The standard InChI is InChI=1S/C15H15ClN2O3S/c1-8-13(15(20)21)22-14(18-8)9(2)17-12(19)7-10-4-3-5-11(16)6-10/h3-6,9H,7H2,1-2H3,(H,17,19)(H,20,21)/t9-/m1/s1. The summed E-state index contributed by atoms with van der Waals surface area (Å²) in [5.74, 6) is -1.17. The number of carbonyl (C=O) groups excluding carboxylic acids is 1. The van der Waals surface area contributed by atoms with Gasteiger partial charge in [-0.1, -0.05) is 23.7 Å². The van der Waals surface area contributed by atoms with Crippen molar-refractivity contribution in [2.75, 3.05) is 0 Å². The van der Waals surface area contributed by atoms with E-state index in [0.717, 1.165) is 16.9 Å². The maximum atomic E-state index is 12.0. The second-order valence-corrected chi connectivity index (χ2v) is 6.33. The maximum absolute atomic E-state index is 12.0. The van der Waals surface area contributed by atoms with E-state index in [1.165, 1.54) is 0 Å². The van der Waals surface area contributed by atoms with E-state index in [-0.39, 0.29) is 23.2 Å². The molecule has 2 rings (SSSR count). The SMILES string of the molecule is Cc1nc([C@@H](C)NC(=O)Cc2cccc(Cl)c2)sc1C(=O)O. The van der Waals surface area contributed by atoms with Gasteiger partial charge < -0.3 is 10.4 Å². The second-order valence-electron chi connectivity index (χ2n) is 4.87. The minimum Gasteiger partial charge on any atom is -0.477 e. The Morgan fingerprint density at radius 3 is 2.77 bits per heavy atom. The number of aromatic carboxylic acids is 1. The first-order valence-electron chi connectivity index (χ1n) is 6.61. The molecule has 22 heavy (non-hydrogen) atoms. The molecule has 0 aliphatic rings. The topological polar surface area (TPSA) is 79.3 Å². The third-order valence-electron chi connectivity index (χ3n) is 3.01. The Morgan fingerprint density at radius 2 is 2.18 bits per heavy atom. The molecule has 0 radical (unpaired) electrons. The van der Waals surface area contributed by atoms with Gasteiger partial charge in [0.15, 0.2) is 0 Å². The van der Waals surface area contributed by atoms with Crippen LogP contribution in [0.25, 0.3) is 0 Å². The predicted octanol–water partition coefficient (Wildman–Crippen LogP) is 3.22. The van der Waals surface area contributed by atoms with Gasteiger partial charge >= 0.3 is 5.97 Å². The van der Waals surface area contributed by atoms with E-state index in [9.17, 15) is 9.59 Å². The Bertz CT molecular complexity index is 715. The molecule has 116 valence electrons.